The number of aliphatic hydroxyl groups is 1. The number of hydrogen-bond acceptors (Lipinski definition) is 5. The Kier molecular flexibility index (Phi) is 8.47. The highest BCUT2D eigenvalue weighted by atomic mass is 127. The van der Waals surface area contributed by atoms with Gasteiger partial charge in [-0.3, -0.25) is 0 Å². The highest BCUT2D eigenvalue weighted by molar-refractivity contribution is 14.1. The second kappa shape index (κ2) is 10.6. The van der Waals surface area contributed by atoms with Gasteiger partial charge in [-0.15, -0.1) is 0 Å². The average Bonchev–Trinajstić information content (AvgIpc) is 2.70. The minimum absolute atomic E-state index is 0.234. The van der Waals surface area contributed by atoms with Crippen LogP contribution < -0.4 is 19.5 Å². The molecule has 2 rings (SSSR count). The third-order valence-electron chi connectivity index (χ3n) is 4.21. The van der Waals surface area contributed by atoms with Gasteiger partial charge in [-0.1, -0.05) is 46.9 Å². The summed E-state index contributed by atoms with van der Waals surface area (Å²) in [5.74, 6) is 2.15. The number of halogens is 1. The molecule has 0 saturated carbocycles. The molecule has 0 heterocycles. The average molecular weight is 471 g/mol. The first-order chi connectivity index (χ1) is 12.6. The molecule has 0 amide bonds. The number of rotatable bonds is 10. The van der Waals surface area contributed by atoms with Crippen LogP contribution in [0.2, 0.25) is 0 Å². The zero-order chi connectivity index (χ0) is 18.9. The maximum Gasteiger partial charge on any atom is 0.160 e. The van der Waals surface area contributed by atoms with Crippen molar-refractivity contribution in [3.05, 3.63) is 53.6 Å². The first kappa shape index (κ1) is 20.8. The van der Waals surface area contributed by atoms with Gasteiger partial charge >= 0.3 is 0 Å². The van der Waals surface area contributed by atoms with E-state index in [2.05, 4.69) is 27.9 Å². The van der Waals surface area contributed by atoms with Crippen LogP contribution in [0.4, 0.5) is 0 Å². The highest BCUT2D eigenvalue weighted by Gasteiger charge is 2.16. The van der Waals surface area contributed by atoms with Crippen molar-refractivity contribution < 1.29 is 19.3 Å². The van der Waals surface area contributed by atoms with E-state index in [0.29, 0.717) is 12.3 Å². The lowest BCUT2D eigenvalue weighted by Crippen LogP contribution is -2.35. The second-order valence-corrected chi connectivity index (χ2v) is 6.79. The van der Waals surface area contributed by atoms with Gasteiger partial charge in [0.15, 0.2) is 11.5 Å². The van der Waals surface area contributed by atoms with Crippen LogP contribution in [0.1, 0.15) is 17.2 Å². The monoisotopic (exact) mass is 471 g/mol. The number of alkyl halides is 1. The van der Waals surface area contributed by atoms with Crippen LogP contribution in [0, 0.1) is 0 Å². The third-order valence-corrected chi connectivity index (χ3v) is 5.28. The summed E-state index contributed by atoms with van der Waals surface area (Å²) in [6, 6.07) is 13.7. The van der Waals surface area contributed by atoms with E-state index in [9.17, 15) is 5.11 Å². The molecule has 2 N–H and O–H groups in total. The van der Waals surface area contributed by atoms with Gasteiger partial charge < -0.3 is 24.6 Å². The fourth-order valence-corrected chi connectivity index (χ4v) is 3.43. The van der Waals surface area contributed by atoms with Crippen molar-refractivity contribution >= 4 is 22.6 Å². The van der Waals surface area contributed by atoms with Gasteiger partial charge in [-0.05, 0) is 30.2 Å². The highest BCUT2D eigenvalue weighted by Crippen LogP contribution is 2.28. The normalized spacial score (nSPS) is 13.1. The molecule has 0 aliphatic rings. The number of ether oxygens (including phenoxy) is 3. The van der Waals surface area contributed by atoms with Gasteiger partial charge in [-0.25, -0.2) is 0 Å². The second-order valence-electron chi connectivity index (χ2n) is 5.91. The zero-order valence-corrected chi connectivity index (χ0v) is 17.5. The summed E-state index contributed by atoms with van der Waals surface area (Å²) in [5.41, 5.74) is 1.95. The molecule has 1 unspecified atom stereocenters. The van der Waals surface area contributed by atoms with Crippen molar-refractivity contribution in [2.24, 2.45) is 0 Å². The van der Waals surface area contributed by atoms with Gasteiger partial charge in [0.25, 0.3) is 0 Å². The van der Waals surface area contributed by atoms with E-state index < -0.39 is 6.10 Å². The first-order valence-corrected chi connectivity index (χ1v) is 9.96. The molecule has 6 heteroatoms. The standard InChI is InChI=1S/C20H26INO4/c1-24-18-7-5-4-6-16(18)17(23)13-22-15(12-21)10-14-8-9-19(25-2)20(11-14)26-3/h4-9,11,15,17,22-23H,10,12-13H2,1-3H3/t15?,17-/m0/s1. The van der Waals surface area contributed by atoms with Crippen LogP contribution in [0.15, 0.2) is 42.5 Å². The van der Waals surface area contributed by atoms with E-state index >= 15 is 0 Å². The molecular formula is C20H26INO4. The molecule has 0 aliphatic heterocycles. The van der Waals surface area contributed by atoms with Gasteiger partial charge in [0, 0.05) is 22.6 Å². The minimum Gasteiger partial charge on any atom is -0.496 e. The van der Waals surface area contributed by atoms with Crippen LogP contribution in [0.5, 0.6) is 17.2 Å². The quantitative estimate of drug-likeness (QED) is 0.411. The van der Waals surface area contributed by atoms with Gasteiger partial charge in [0.05, 0.1) is 27.4 Å². The first-order valence-electron chi connectivity index (χ1n) is 8.44. The van der Waals surface area contributed by atoms with Crippen molar-refractivity contribution in [1.29, 1.82) is 0 Å². The fraction of sp³-hybridized carbons (Fsp3) is 0.400. The third kappa shape index (κ3) is 5.49. The summed E-state index contributed by atoms with van der Waals surface area (Å²) in [6.07, 6.45) is 0.212. The number of hydrogen-bond donors (Lipinski definition) is 2. The smallest absolute Gasteiger partial charge is 0.160 e. The van der Waals surface area contributed by atoms with Crippen molar-refractivity contribution in [2.75, 3.05) is 32.3 Å². The molecule has 26 heavy (non-hydrogen) atoms. The lowest BCUT2D eigenvalue weighted by molar-refractivity contribution is 0.167. The Hall–Kier alpha value is -1.51. The maximum atomic E-state index is 10.5. The van der Waals surface area contributed by atoms with E-state index in [1.165, 1.54) is 0 Å². The Morgan fingerprint density at radius 2 is 1.65 bits per heavy atom. The van der Waals surface area contributed by atoms with Crippen LogP contribution in [-0.2, 0) is 6.42 Å². The molecular weight excluding hydrogens is 445 g/mol. The zero-order valence-electron chi connectivity index (χ0n) is 15.4. The number of para-hydroxylation sites is 1. The van der Waals surface area contributed by atoms with Crippen molar-refractivity contribution in [3.63, 3.8) is 0 Å². The van der Waals surface area contributed by atoms with Gasteiger partial charge in [0.2, 0.25) is 0 Å². The molecule has 2 aromatic carbocycles. The number of benzene rings is 2. The molecule has 2 aromatic rings. The molecule has 0 spiro atoms. The summed E-state index contributed by atoms with van der Waals surface area (Å²) in [5, 5.41) is 14.0. The Morgan fingerprint density at radius 1 is 0.962 bits per heavy atom. The van der Waals surface area contributed by atoms with Gasteiger partial charge in [-0.2, -0.15) is 0 Å². The van der Waals surface area contributed by atoms with Crippen LogP contribution in [0.25, 0.3) is 0 Å². The minimum atomic E-state index is -0.623. The Bertz CT molecular complexity index is 695. The number of nitrogens with one attached hydrogen (secondary N) is 1. The van der Waals surface area contributed by atoms with Gasteiger partial charge in [0.1, 0.15) is 5.75 Å². The number of aliphatic hydroxyl groups excluding tert-OH is 1. The largest absolute Gasteiger partial charge is 0.496 e. The fourth-order valence-electron chi connectivity index (χ4n) is 2.80. The van der Waals surface area contributed by atoms with E-state index in [1.54, 1.807) is 21.3 Å². The summed E-state index contributed by atoms with van der Waals surface area (Å²) in [6.45, 7) is 0.460. The molecule has 0 aliphatic carbocycles. The van der Waals surface area contributed by atoms with Crippen molar-refractivity contribution in [1.82, 2.24) is 5.32 Å². The molecule has 142 valence electrons. The summed E-state index contributed by atoms with van der Waals surface area (Å²) >= 11 is 2.36. The molecule has 0 bridgehead atoms. The van der Waals surface area contributed by atoms with E-state index in [1.807, 2.05) is 42.5 Å². The molecule has 0 aromatic heterocycles. The number of methoxy groups -OCH3 is 3. The Balaban J connectivity index is 1.99. The predicted octanol–water partition coefficient (Wildman–Crippen LogP) is 3.38. The molecule has 0 radical (unpaired) electrons. The molecule has 0 fully saturated rings. The lowest BCUT2D eigenvalue weighted by Gasteiger charge is -2.21. The molecule has 5 nitrogen and oxygen atoms in total. The summed E-state index contributed by atoms with van der Waals surface area (Å²) in [4.78, 5) is 0. The predicted molar refractivity (Wildman–Crippen MR) is 112 cm³/mol. The van der Waals surface area contributed by atoms with E-state index in [0.717, 1.165) is 33.5 Å². The molecule has 0 saturated heterocycles. The van der Waals surface area contributed by atoms with Crippen LogP contribution in [-0.4, -0.2) is 43.5 Å². The summed E-state index contributed by atoms with van der Waals surface area (Å²) < 4.78 is 16.9. The molecule has 2 atom stereocenters. The van der Waals surface area contributed by atoms with Crippen molar-refractivity contribution in [2.45, 2.75) is 18.6 Å². The summed E-state index contributed by atoms with van der Waals surface area (Å²) in [7, 11) is 4.88. The van der Waals surface area contributed by atoms with Crippen LogP contribution in [0.3, 0.4) is 0 Å². The Morgan fingerprint density at radius 3 is 2.31 bits per heavy atom. The van der Waals surface area contributed by atoms with Crippen molar-refractivity contribution in [3.8, 4) is 17.2 Å². The lowest BCUT2D eigenvalue weighted by atomic mass is 10.0. The SMILES string of the molecule is COc1ccc(CC(CI)NC[C@H](O)c2ccccc2OC)cc1OC. The van der Waals surface area contributed by atoms with Crippen LogP contribution >= 0.6 is 22.6 Å². The van der Waals surface area contributed by atoms with E-state index in [-0.39, 0.29) is 6.04 Å². The Labute approximate surface area is 168 Å². The van der Waals surface area contributed by atoms with E-state index in [4.69, 9.17) is 14.2 Å². The topological polar surface area (TPSA) is 60.0 Å². The maximum absolute atomic E-state index is 10.5.